The van der Waals surface area contributed by atoms with Crippen molar-refractivity contribution in [1.29, 1.82) is 0 Å². The molecule has 0 aliphatic carbocycles. The Morgan fingerprint density at radius 1 is 1.24 bits per heavy atom. The first kappa shape index (κ1) is 14.5. The van der Waals surface area contributed by atoms with Crippen molar-refractivity contribution in [2.45, 2.75) is 58.5 Å². The second-order valence-corrected chi connectivity index (χ2v) is 11.9. The van der Waals surface area contributed by atoms with Crippen molar-refractivity contribution in [2.24, 2.45) is 0 Å². The van der Waals surface area contributed by atoms with Crippen LogP contribution in [0.5, 0.6) is 0 Å². The summed E-state index contributed by atoms with van der Waals surface area (Å²) in [6, 6.07) is 7.81. The van der Waals surface area contributed by atoms with Crippen LogP contribution < -0.4 is 0 Å². The maximum Gasteiger partial charge on any atom is 0.0764 e. The van der Waals surface area contributed by atoms with Crippen molar-refractivity contribution < 1.29 is 5.11 Å². The zero-order chi connectivity index (χ0) is 13.1. The van der Waals surface area contributed by atoms with Crippen LogP contribution in [-0.4, -0.2) is 13.2 Å². The lowest BCUT2D eigenvalue weighted by molar-refractivity contribution is 0.198. The smallest absolute Gasteiger partial charge is 0.0764 e. The lowest BCUT2D eigenvalue weighted by atomic mass is 9.97. The summed E-state index contributed by atoms with van der Waals surface area (Å²) in [5.41, 5.74) is 3.67. The Bertz CT molecular complexity index is 364. The van der Waals surface area contributed by atoms with Crippen molar-refractivity contribution in [1.82, 2.24) is 0 Å². The van der Waals surface area contributed by atoms with Crippen LogP contribution in [0.15, 0.2) is 18.2 Å². The van der Waals surface area contributed by atoms with E-state index in [1.807, 2.05) is 6.92 Å². The Morgan fingerprint density at radius 3 is 2.41 bits per heavy atom. The number of rotatable bonds is 5. The molecule has 1 rings (SSSR count). The van der Waals surface area contributed by atoms with E-state index in [4.69, 9.17) is 0 Å². The molecule has 0 radical (unpaired) electrons. The van der Waals surface area contributed by atoms with Gasteiger partial charge in [0.05, 0.1) is 6.10 Å². The molecule has 0 heterocycles. The highest BCUT2D eigenvalue weighted by molar-refractivity contribution is 6.76. The highest BCUT2D eigenvalue weighted by Gasteiger charge is 2.13. The number of hydrogen-bond donors (Lipinski definition) is 1. The van der Waals surface area contributed by atoms with Gasteiger partial charge in [-0.2, -0.15) is 0 Å². The predicted molar refractivity (Wildman–Crippen MR) is 78.3 cm³/mol. The fraction of sp³-hybridized carbons (Fsp3) is 0.600. The number of hydrogen-bond acceptors (Lipinski definition) is 1. The van der Waals surface area contributed by atoms with Gasteiger partial charge in [-0.1, -0.05) is 55.9 Å². The fourth-order valence-corrected chi connectivity index (χ4v) is 3.38. The largest absolute Gasteiger partial charge is 0.389 e. The summed E-state index contributed by atoms with van der Waals surface area (Å²) in [5, 5.41) is 9.80. The molecule has 0 saturated heterocycles. The van der Waals surface area contributed by atoms with Crippen LogP contribution in [0.4, 0.5) is 0 Å². The average molecular weight is 250 g/mol. The van der Waals surface area contributed by atoms with E-state index in [9.17, 15) is 5.11 Å². The van der Waals surface area contributed by atoms with Crippen LogP contribution in [0, 0.1) is 6.92 Å². The molecule has 96 valence electrons. The van der Waals surface area contributed by atoms with Gasteiger partial charge in [-0.15, -0.1) is 0 Å². The lowest BCUT2D eigenvalue weighted by Crippen LogP contribution is -2.19. The van der Waals surface area contributed by atoms with E-state index in [1.54, 1.807) is 0 Å². The molecular weight excluding hydrogens is 224 g/mol. The quantitative estimate of drug-likeness (QED) is 0.772. The van der Waals surface area contributed by atoms with Crippen LogP contribution in [0.3, 0.4) is 0 Å². The molecule has 1 N–H and O–H groups in total. The molecule has 0 aliphatic rings. The van der Waals surface area contributed by atoms with Crippen LogP contribution in [0.1, 0.15) is 36.1 Å². The maximum atomic E-state index is 9.80. The molecule has 0 saturated carbocycles. The van der Waals surface area contributed by atoms with Gasteiger partial charge in [0.15, 0.2) is 0 Å². The van der Waals surface area contributed by atoms with Gasteiger partial charge in [-0.25, -0.2) is 0 Å². The van der Waals surface area contributed by atoms with Crippen LogP contribution >= 0.6 is 0 Å². The zero-order valence-electron chi connectivity index (χ0n) is 11.9. The Morgan fingerprint density at radius 2 is 1.88 bits per heavy atom. The summed E-state index contributed by atoms with van der Waals surface area (Å²) < 4.78 is 0. The van der Waals surface area contributed by atoms with Crippen molar-refractivity contribution >= 4 is 8.07 Å². The van der Waals surface area contributed by atoms with Gasteiger partial charge in [0.25, 0.3) is 0 Å². The lowest BCUT2D eigenvalue weighted by Gasteiger charge is -2.17. The second-order valence-electron chi connectivity index (χ2n) is 6.29. The van der Waals surface area contributed by atoms with Gasteiger partial charge in [0.2, 0.25) is 0 Å². The van der Waals surface area contributed by atoms with E-state index in [-0.39, 0.29) is 6.10 Å². The highest BCUT2D eigenvalue weighted by Crippen LogP contribution is 2.22. The van der Waals surface area contributed by atoms with Crippen LogP contribution in [0.2, 0.25) is 25.7 Å². The molecule has 1 unspecified atom stereocenters. The van der Waals surface area contributed by atoms with E-state index in [1.165, 1.54) is 23.6 Å². The minimum atomic E-state index is -0.929. The molecule has 17 heavy (non-hydrogen) atoms. The van der Waals surface area contributed by atoms with Crippen LogP contribution in [-0.2, 0) is 6.42 Å². The number of aryl methyl sites for hydroxylation is 2. The van der Waals surface area contributed by atoms with Crippen molar-refractivity contribution in [3.05, 3.63) is 34.9 Å². The Hall–Kier alpha value is -0.603. The van der Waals surface area contributed by atoms with Gasteiger partial charge >= 0.3 is 0 Å². The van der Waals surface area contributed by atoms with E-state index >= 15 is 0 Å². The van der Waals surface area contributed by atoms with Gasteiger partial charge in [0, 0.05) is 8.07 Å². The summed E-state index contributed by atoms with van der Waals surface area (Å²) >= 11 is 0. The highest BCUT2D eigenvalue weighted by atomic mass is 28.3. The first-order valence-electron chi connectivity index (χ1n) is 6.57. The third kappa shape index (κ3) is 5.05. The first-order chi connectivity index (χ1) is 7.79. The standard InChI is InChI=1S/C15H26OSi/c1-12-8-9-14(15(11-12)13(2)16)7-6-10-17(3,4)5/h8-9,11,13,16H,6-7,10H2,1-5H3. The molecule has 0 fully saturated rings. The average Bonchev–Trinajstić information content (AvgIpc) is 2.18. The molecule has 1 aromatic rings. The maximum absolute atomic E-state index is 9.80. The monoisotopic (exact) mass is 250 g/mol. The normalized spacial score (nSPS) is 13.8. The summed E-state index contributed by atoms with van der Waals surface area (Å²) in [4.78, 5) is 0. The van der Waals surface area contributed by atoms with E-state index in [0.29, 0.717) is 0 Å². The molecule has 1 aromatic carbocycles. The fourth-order valence-electron chi connectivity index (χ4n) is 2.14. The van der Waals surface area contributed by atoms with Gasteiger partial charge < -0.3 is 5.11 Å². The van der Waals surface area contributed by atoms with Crippen molar-refractivity contribution in [3.8, 4) is 0 Å². The van der Waals surface area contributed by atoms with Crippen molar-refractivity contribution in [2.75, 3.05) is 0 Å². The van der Waals surface area contributed by atoms with E-state index < -0.39 is 8.07 Å². The summed E-state index contributed by atoms with van der Waals surface area (Å²) in [5.74, 6) is 0. The Balaban J connectivity index is 2.70. The molecule has 0 spiro atoms. The third-order valence-corrected chi connectivity index (χ3v) is 4.98. The minimum absolute atomic E-state index is 0.350. The molecule has 0 aromatic heterocycles. The number of benzene rings is 1. The predicted octanol–water partition coefficient (Wildman–Crippen LogP) is 4.32. The van der Waals surface area contributed by atoms with E-state index in [0.717, 1.165) is 12.0 Å². The van der Waals surface area contributed by atoms with Gasteiger partial charge in [0.1, 0.15) is 0 Å². The summed E-state index contributed by atoms with van der Waals surface area (Å²) in [6.07, 6.45) is 2.00. The van der Waals surface area contributed by atoms with Crippen molar-refractivity contribution in [3.63, 3.8) is 0 Å². The summed E-state index contributed by atoms with van der Waals surface area (Å²) in [6.45, 7) is 11.2. The number of aliphatic hydroxyl groups excluding tert-OH is 1. The molecule has 0 amide bonds. The van der Waals surface area contributed by atoms with E-state index in [2.05, 4.69) is 44.8 Å². The molecule has 2 heteroatoms. The first-order valence-corrected chi connectivity index (χ1v) is 10.3. The molecule has 0 aliphatic heterocycles. The Kier molecular flexibility index (Phi) is 4.96. The summed E-state index contributed by atoms with van der Waals surface area (Å²) in [7, 11) is -0.929. The zero-order valence-corrected chi connectivity index (χ0v) is 12.9. The molecule has 0 bridgehead atoms. The minimum Gasteiger partial charge on any atom is -0.389 e. The molecule has 1 nitrogen and oxygen atoms in total. The third-order valence-electron chi connectivity index (χ3n) is 3.12. The van der Waals surface area contributed by atoms with Gasteiger partial charge in [-0.3, -0.25) is 0 Å². The SMILES string of the molecule is Cc1ccc(CCC[Si](C)(C)C)c(C(C)O)c1. The van der Waals surface area contributed by atoms with Gasteiger partial charge in [-0.05, 0) is 31.4 Å². The Labute approximate surface area is 107 Å². The number of aliphatic hydroxyl groups is 1. The topological polar surface area (TPSA) is 20.2 Å². The van der Waals surface area contributed by atoms with Crippen LogP contribution in [0.25, 0.3) is 0 Å². The molecule has 1 atom stereocenters. The second kappa shape index (κ2) is 5.83. The molecular formula is C15H26OSi.